The second-order valence-corrected chi connectivity index (χ2v) is 5.46. The standard InChI is InChI=1S/C14H9ClN4OS/c1-20-11-3-2-8-9(17)4-10(19-13(8)12(11)15)14-18-7(5-16)6-21-14/h2-4,6H,1H3,(H2,17,19). The third kappa shape index (κ3) is 2.27. The Morgan fingerprint density at radius 1 is 1.38 bits per heavy atom. The van der Waals surface area contributed by atoms with Crippen LogP contribution >= 0.6 is 22.9 Å². The summed E-state index contributed by atoms with van der Waals surface area (Å²) in [4.78, 5) is 8.69. The van der Waals surface area contributed by atoms with Gasteiger partial charge in [-0.1, -0.05) is 11.6 Å². The van der Waals surface area contributed by atoms with E-state index in [1.165, 1.54) is 11.3 Å². The number of anilines is 1. The van der Waals surface area contributed by atoms with Crippen molar-refractivity contribution >= 4 is 39.5 Å². The van der Waals surface area contributed by atoms with Crippen LogP contribution in [-0.2, 0) is 0 Å². The summed E-state index contributed by atoms with van der Waals surface area (Å²) in [6.07, 6.45) is 0. The number of halogens is 1. The molecule has 0 aliphatic rings. The topological polar surface area (TPSA) is 84.8 Å². The van der Waals surface area contributed by atoms with Gasteiger partial charge in [0.15, 0.2) is 5.69 Å². The number of fused-ring (bicyclic) bond motifs is 1. The molecule has 0 fully saturated rings. The highest BCUT2D eigenvalue weighted by Crippen LogP contribution is 2.36. The molecule has 0 unspecified atom stereocenters. The van der Waals surface area contributed by atoms with Crippen LogP contribution in [0.15, 0.2) is 23.6 Å². The summed E-state index contributed by atoms with van der Waals surface area (Å²) < 4.78 is 5.19. The van der Waals surface area contributed by atoms with Crippen LogP contribution in [0, 0.1) is 11.3 Å². The Morgan fingerprint density at radius 2 is 2.19 bits per heavy atom. The summed E-state index contributed by atoms with van der Waals surface area (Å²) >= 11 is 7.63. The van der Waals surface area contributed by atoms with E-state index in [2.05, 4.69) is 9.97 Å². The van der Waals surface area contributed by atoms with Crippen molar-refractivity contribution in [2.45, 2.75) is 0 Å². The van der Waals surface area contributed by atoms with Crippen LogP contribution in [0.25, 0.3) is 21.6 Å². The van der Waals surface area contributed by atoms with Gasteiger partial charge in [-0.3, -0.25) is 0 Å². The van der Waals surface area contributed by atoms with E-state index in [4.69, 9.17) is 27.3 Å². The van der Waals surface area contributed by atoms with E-state index >= 15 is 0 Å². The Hall–Kier alpha value is -2.36. The number of hydrogen-bond donors (Lipinski definition) is 1. The molecule has 3 rings (SSSR count). The highest BCUT2D eigenvalue weighted by atomic mass is 35.5. The van der Waals surface area contributed by atoms with Crippen molar-refractivity contribution in [1.82, 2.24) is 9.97 Å². The number of rotatable bonds is 2. The van der Waals surface area contributed by atoms with Crippen LogP contribution in [0.5, 0.6) is 5.75 Å². The average molecular weight is 317 g/mol. The lowest BCUT2D eigenvalue weighted by Crippen LogP contribution is -1.95. The van der Waals surface area contributed by atoms with Crippen LogP contribution < -0.4 is 10.5 Å². The molecule has 0 aliphatic heterocycles. The Balaban J connectivity index is 2.26. The Kier molecular flexibility index (Phi) is 3.37. The zero-order valence-corrected chi connectivity index (χ0v) is 12.5. The average Bonchev–Trinajstić information content (AvgIpc) is 2.97. The zero-order valence-electron chi connectivity index (χ0n) is 10.9. The van der Waals surface area contributed by atoms with Crippen molar-refractivity contribution in [2.75, 3.05) is 12.8 Å². The number of nitrogens with zero attached hydrogens (tertiary/aromatic N) is 3. The van der Waals surface area contributed by atoms with Crippen LogP contribution in [0.3, 0.4) is 0 Å². The van der Waals surface area contributed by atoms with Gasteiger partial charge in [0.2, 0.25) is 0 Å². The number of thiazole rings is 1. The van der Waals surface area contributed by atoms with E-state index in [0.717, 1.165) is 5.39 Å². The molecule has 7 heteroatoms. The first kappa shape index (κ1) is 13.6. The molecule has 2 N–H and O–H groups in total. The number of nitriles is 1. The molecular weight excluding hydrogens is 308 g/mol. The van der Waals surface area contributed by atoms with Crippen molar-refractivity contribution in [1.29, 1.82) is 5.26 Å². The third-order valence-corrected chi connectivity index (χ3v) is 4.20. The van der Waals surface area contributed by atoms with Crippen LogP contribution in [0.4, 0.5) is 5.69 Å². The van der Waals surface area contributed by atoms with Gasteiger partial charge in [-0.15, -0.1) is 11.3 Å². The molecule has 21 heavy (non-hydrogen) atoms. The predicted octanol–water partition coefficient (Wildman–Crippen LogP) is 3.47. The number of nitrogens with two attached hydrogens (primary N) is 1. The van der Waals surface area contributed by atoms with Gasteiger partial charge < -0.3 is 10.5 Å². The number of pyridine rings is 1. The van der Waals surface area contributed by atoms with E-state index in [1.54, 1.807) is 24.6 Å². The molecule has 0 bridgehead atoms. The minimum Gasteiger partial charge on any atom is -0.495 e. The lowest BCUT2D eigenvalue weighted by molar-refractivity contribution is 0.415. The van der Waals surface area contributed by atoms with Crippen molar-refractivity contribution < 1.29 is 4.74 Å². The van der Waals surface area contributed by atoms with Crippen LogP contribution in [0.1, 0.15) is 5.69 Å². The van der Waals surface area contributed by atoms with E-state index < -0.39 is 0 Å². The van der Waals surface area contributed by atoms with Gasteiger partial charge in [-0.25, -0.2) is 9.97 Å². The molecular formula is C14H9ClN4OS. The summed E-state index contributed by atoms with van der Waals surface area (Å²) in [5.74, 6) is 0.532. The van der Waals surface area contributed by atoms with Crippen molar-refractivity contribution in [3.63, 3.8) is 0 Å². The maximum absolute atomic E-state index is 8.85. The Labute approximate surface area is 129 Å². The highest BCUT2D eigenvalue weighted by Gasteiger charge is 2.14. The molecule has 0 spiro atoms. The smallest absolute Gasteiger partial charge is 0.152 e. The molecule has 0 aliphatic carbocycles. The molecule has 3 aromatic rings. The third-order valence-electron chi connectivity index (χ3n) is 2.97. The number of ether oxygens (including phenoxy) is 1. The molecule has 1 aromatic carbocycles. The lowest BCUT2D eigenvalue weighted by atomic mass is 10.1. The van der Waals surface area contributed by atoms with Gasteiger partial charge in [0, 0.05) is 16.5 Å². The molecule has 2 aromatic heterocycles. The number of hydrogen-bond acceptors (Lipinski definition) is 6. The summed E-state index contributed by atoms with van der Waals surface area (Å²) in [5.41, 5.74) is 8.11. The summed E-state index contributed by atoms with van der Waals surface area (Å²) in [7, 11) is 1.54. The molecule has 0 saturated carbocycles. The molecule has 104 valence electrons. The van der Waals surface area contributed by atoms with E-state index in [-0.39, 0.29) is 0 Å². The van der Waals surface area contributed by atoms with Gasteiger partial charge in [-0.05, 0) is 18.2 Å². The monoisotopic (exact) mass is 316 g/mol. The fourth-order valence-corrected chi connectivity index (χ4v) is 2.97. The normalized spacial score (nSPS) is 10.5. The van der Waals surface area contributed by atoms with Gasteiger partial charge >= 0.3 is 0 Å². The minimum atomic E-state index is 0.354. The quantitative estimate of drug-likeness (QED) is 0.782. The lowest BCUT2D eigenvalue weighted by Gasteiger charge is -2.09. The van der Waals surface area contributed by atoms with Gasteiger partial charge in [-0.2, -0.15) is 5.26 Å². The van der Waals surface area contributed by atoms with Gasteiger partial charge in [0.1, 0.15) is 27.5 Å². The fraction of sp³-hybridized carbons (Fsp3) is 0.0714. The van der Waals surface area contributed by atoms with Crippen molar-refractivity contribution in [3.8, 4) is 22.5 Å². The van der Waals surface area contributed by atoms with Gasteiger partial charge in [0.25, 0.3) is 0 Å². The first-order chi connectivity index (χ1) is 10.1. The number of methoxy groups -OCH3 is 1. The second-order valence-electron chi connectivity index (χ2n) is 4.22. The zero-order chi connectivity index (χ0) is 15.0. The molecule has 0 amide bonds. The summed E-state index contributed by atoms with van der Waals surface area (Å²) in [6.45, 7) is 0. The predicted molar refractivity (Wildman–Crippen MR) is 83.5 cm³/mol. The highest BCUT2D eigenvalue weighted by molar-refractivity contribution is 7.13. The molecule has 0 atom stereocenters. The molecule has 0 radical (unpaired) electrons. The van der Waals surface area contributed by atoms with E-state index in [1.807, 2.05) is 12.1 Å². The number of aromatic nitrogens is 2. The first-order valence-corrected chi connectivity index (χ1v) is 7.18. The minimum absolute atomic E-state index is 0.354. The van der Waals surface area contributed by atoms with Crippen molar-refractivity contribution in [3.05, 3.63) is 34.3 Å². The maximum atomic E-state index is 8.85. The second kappa shape index (κ2) is 5.20. The Bertz CT molecular complexity index is 885. The Morgan fingerprint density at radius 3 is 2.86 bits per heavy atom. The first-order valence-electron chi connectivity index (χ1n) is 5.92. The van der Waals surface area contributed by atoms with E-state index in [0.29, 0.717) is 38.4 Å². The SMILES string of the molecule is COc1ccc2c(N)cc(-c3nc(C#N)cs3)nc2c1Cl. The van der Waals surface area contributed by atoms with Gasteiger partial charge in [0.05, 0.1) is 12.6 Å². The molecule has 2 heterocycles. The summed E-state index contributed by atoms with van der Waals surface area (Å²) in [5, 5.41) is 12.3. The number of benzene rings is 1. The van der Waals surface area contributed by atoms with Crippen molar-refractivity contribution in [2.24, 2.45) is 0 Å². The largest absolute Gasteiger partial charge is 0.495 e. The van der Waals surface area contributed by atoms with E-state index in [9.17, 15) is 0 Å². The van der Waals surface area contributed by atoms with Crippen LogP contribution in [0.2, 0.25) is 5.02 Å². The summed E-state index contributed by atoms with van der Waals surface area (Å²) in [6, 6.07) is 7.28. The molecule has 5 nitrogen and oxygen atoms in total. The molecule has 0 saturated heterocycles. The fourth-order valence-electron chi connectivity index (χ4n) is 1.98. The maximum Gasteiger partial charge on any atom is 0.152 e. The number of nitrogen functional groups attached to an aromatic ring is 1. The van der Waals surface area contributed by atoms with Crippen LogP contribution in [-0.4, -0.2) is 17.1 Å².